The molecule has 1 aromatic heterocycles. The molecule has 0 fully saturated rings. The summed E-state index contributed by atoms with van der Waals surface area (Å²) in [6.07, 6.45) is 4.52. The number of hydrogen-bond acceptors (Lipinski definition) is 6. The van der Waals surface area contributed by atoms with E-state index < -0.39 is 23.7 Å². The van der Waals surface area contributed by atoms with Crippen molar-refractivity contribution in [3.63, 3.8) is 0 Å². The zero-order chi connectivity index (χ0) is 24.2. The van der Waals surface area contributed by atoms with Crippen LogP contribution < -0.4 is 10.6 Å². The minimum atomic E-state index is -1.11. The average molecular weight is 459 g/mol. The highest BCUT2D eigenvalue weighted by Gasteiger charge is 2.21. The van der Waals surface area contributed by atoms with Crippen LogP contribution in [-0.4, -0.2) is 52.8 Å². The van der Waals surface area contributed by atoms with Gasteiger partial charge in [-0.25, -0.2) is 9.86 Å². The summed E-state index contributed by atoms with van der Waals surface area (Å²) < 4.78 is 5.50. The molecule has 2 aromatic rings. The molecule has 1 heterocycles. The second-order valence-corrected chi connectivity index (χ2v) is 7.51. The van der Waals surface area contributed by atoms with Crippen LogP contribution in [0.1, 0.15) is 59.9 Å². The van der Waals surface area contributed by atoms with E-state index in [2.05, 4.69) is 17.6 Å². The molecule has 1 aromatic carbocycles. The van der Waals surface area contributed by atoms with Crippen LogP contribution in [0.15, 0.2) is 40.8 Å². The van der Waals surface area contributed by atoms with E-state index in [0.29, 0.717) is 17.0 Å². The van der Waals surface area contributed by atoms with Crippen LogP contribution in [0.25, 0.3) is 11.3 Å². The van der Waals surface area contributed by atoms with Gasteiger partial charge >= 0.3 is 5.97 Å². The van der Waals surface area contributed by atoms with Gasteiger partial charge in [-0.15, -0.1) is 0 Å². The Bertz CT molecular complexity index is 957. The van der Waals surface area contributed by atoms with Gasteiger partial charge in [0.2, 0.25) is 12.3 Å². The Kier molecular flexibility index (Phi) is 10.1. The molecule has 2 rings (SSSR count). The predicted molar refractivity (Wildman–Crippen MR) is 118 cm³/mol. The Labute approximate surface area is 191 Å². The van der Waals surface area contributed by atoms with Gasteiger partial charge in [-0.2, -0.15) is 0 Å². The quantitative estimate of drug-likeness (QED) is 0.112. The molecular formula is C23H29N3O7. The van der Waals surface area contributed by atoms with Crippen molar-refractivity contribution in [1.82, 2.24) is 15.7 Å². The van der Waals surface area contributed by atoms with Crippen LogP contribution in [-0.2, 0) is 9.59 Å². The molecule has 0 aliphatic carbocycles. The van der Waals surface area contributed by atoms with Gasteiger partial charge in [-0.05, 0) is 24.6 Å². The van der Waals surface area contributed by atoms with E-state index in [9.17, 15) is 29.5 Å². The number of unbranched alkanes of at least 4 members (excludes halogenated alkanes) is 3. The number of carbonyl (C=O) groups is 4. The summed E-state index contributed by atoms with van der Waals surface area (Å²) in [5.74, 6) is -2.54. The molecule has 0 saturated heterocycles. The van der Waals surface area contributed by atoms with Gasteiger partial charge in [0.05, 0.1) is 24.7 Å². The molecule has 178 valence electrons. The highest BCUT2D eigenvalue weighted by Crippen LogP contribution is 2.26. The molecule has 0 saturated carbocycles. The molecule has 4 N–H and O–H groups in total. The van der Waals surface area contributed by atoms with E-state index in [1.165, 1.54) is 18.2 Å². The summed E-state index contributed by atoms with van der Waals surface area (Å²) >= 11 is 0. The molecule has 0 bridgehead atoms. The zero-order valence-electron chi connectivity index (χ0n) is 18.5. The fourth-order valence-electron chi connectivity index (χ4n) is 3.32. The monoisotopic (exact) mass is 459 g/mol. The minimum Gasteiger partial charge on any atom is -0.478 e. The maximum Gasteiger partial charge on any atom is 0.336 e. The number of carboxylic acids is 1. The van der Waals surface area contributed by atoms with Crippen LogP contribution in [0.4, 0.5) is 0 Å². The van der Waals surface area contributed by atoms with Gasteiger partial charge in [0.15, 0.2) is 5.76 Å². The number of carboxylic acid groups (broad SMARTS) is 1. The maximum atomic E-state index is 12.5. The van der Waals surface area contributed by atoms with Crippen molar-refractivity contribution in [2.75, 3.05) is 13.2 Å². The first kappa shape index (κ1) is 25.6. The van der Waals surface area contributed by atoms with E-state index in [0.717, 1.165) is 25.7 Å². The number of benzene rings is 1. The van der Waals surface area contributed by atoms with E-state index in [1.54, 1.807) is 18.2 Å². The van der Waals surface area contributed by atoms with E-state index >= 15 is 0 Å². The van der Waals surface area contributed by atoms with Crippen molar-refractivity contribution in [3.05, 3.63) is 47.7 Å². The molecule has 0 radical (unpaired) electrons. The molecule has 0 aliphatic rings. The fraction of sp³-hybridized carbons (Fsp3) is 0.391. The van der Waals surface area contributed by atoms with Gasteiger partial charge < -0.3 is 20.2 Å². The van der Waals surface area contributed by atoms with Crippen LogP contribution in [0.2, 0.25) is 0 Å². The lowest BCUT2D eigenvalue weighted by molar-refractivity contribution is -0.154. The molecule has 33 heavy (non-hydrogen) atoms. The normalized spacial score (nSPS) is 11.5. The third-order valence-corrected chi connectivity index (χ3v) is 5.07. The average Bonchev–Trinajstić information content (AvgIpc) is 3.31. The Morgan fingerprint density at radius 2 is 1.85 bits per heavy atom. The lowest BCUT2D eigenvalue weighted by Gasteiger charge is -2.19. The lowest BCUT2D eigenvalue weighted by Crippen LogP contribution is -2.42. The Balaban J connectivity index is 1.92. The van der Waals surface area contributed by atoms with Crippen molar-refractivity contribution in [1.29, 1.82) is 0 Å². The second-order valence-electron chi connectivity index (χ2n) is 7.51. The van der Waals surface area contributed by atoms with Crippen molar-refractivity contribution in [2.45, 2.75) is 39.0 Å². The topological polar surface area (TPSA) is 149 Å². The summed E-state index contributed by atoms with van der Waals surface area (Å²) in [6, 6.07) is 9.18. The van der Waals surface area contributed by atoms with E-state index in [-0.39, 0.29) is 36.7 Å². The Hall–Kier alpha value is -3.66. The van der Waals surface area contributed by atoms with Crippen molar-refractivity contribution < 1.29 is 33.9 Å². The van der Waals surface area contributed by atoms with Crippen molar-refractivity contribution in [3.8, 4) is 11.3 Å². The number of rotatable bonds is 14. The van der Waals surface area contributed by atoms with Crippen molar-refractivity contribution in [2.24, 2.45) is 5.92 Å². The summed E-state index contributed by atoms with van der Waals surface area (Å²) in [5, 5.41) is 24.3. The van der Waals surface area contributed by atoms with Crippen LogP contribution in [0.5, 0.6) is 0 Å². The Morgan fingerprint density at radius 1 is 1.09 bits per heavy atom. The highest BCUT2D eigenvalue weighted by atomic mass is 16.5. The molecule has 10 nitrogen and oxygen atoms in total. The van der Waals surface area contributed by atoms with Crippen molar-refractivity contribution >= 4 is 24.2 Å². The summed E-state index contributed by atoms with van der Waals surface area (Å²) in [7, 11) is 0. The molecule has 0 spiro atoms. The first-order chi connectivity index (χ1) is 15.9. The summed E-state index contributed by atoms with van der Waals surface area (Å²) in [6.45, 7) is 1.75. The molecule has 10 heteroatoms. The molecule has 0 aliphatic heterocycles. The van der Waals surface area contributed by atoms with Crippen LogP contribution in [0.3, 0.4) is 0 Å². The number of furan rings is 1. The Morgan fingerprint density at radius 3 is 2.55 bits per heavy atom. The number of nitrogens with zero attached hydrogens (tertiary/aromatic N) is 1. The predicted octanol–water partition coefficient (Wildman–Crippen LogP) is 2.88. The number of carbonyl (C=O) groups excluding carboxylic acids is 3. The van der Waals surface area contributed by atoms with E-state index in [4.69, 9.17) is 4.42 Å². The summed E-state index contributed by atoms with van der Waals surface area (Å²) in [5.41, 5.74) is 0.385. The highest BCUT2D eigenvalue weighted by molar-refractivity contribution is 5.96. The number of nitrogens with one attached hydrogen (secondary N) is 2. The van der Waals surface area contributed by atoms with Crippen LogP contribution >= 0.6 is 0 Å². The van der Waals surface area contributed by atoms with Gasteiger partial charge in [0.25, 0.3) is 5.91 Å². The minimum absolute atomic E-state index is 0.0435. The molecule has 0 unspecified atom stereocenters. The molecule has 3 amide bonds. The van der Waals surface area contributed by atoms with Gasteiger partial charge in [-0.1, -0.05) is 50.8 Å². The fourth-order valence-corrected chi connectivity index (χ4v) is 3.32. The molecular weight excluding hydrogens is 430 g/mol. The largest absolute Gasteiger partial charge is 0.478 e. The molecule has 1 atom stereocenters. The number of amides is 3. The van der Waals surface area contributed by atoms with Gasteiger partial charge in [0, 0.05) is 5.56 Å². The lowest BCUT2D eigenvalue weighted by atomic mass is 9.99. The third-order valence-electron chi connectivity index (χ3n) is 5.07. The SMILES string of the molecule is CCCCCC[C@H](CN(O)C=O)C(=O)NCNC(=O)c1ccc(-c2ccccc2C(=O)O)o1. The van der Waals surface area contributed by atoms with Gasteiger partial charge in [-0.3, -0.25) is 19.6 Å². The third kappa shape index (κ3) is 7.76. The zero-order valence-corrected chi connectivity index (χ0v) is 18.5. The standard InChI is InChI=1S/C23H29N3O7/c1-2-3-4-5-8-16(13-26(32)15-27)21(28)24-14-25-22(29)20-12-11-19(33-20)17-9-6-7-10-18(17)23(30)31/h6-7,9-12,15-16,32H,2-5,8,13-14H2,1H3,(H,24,28)(H,25,29)(H,30,31)/t16-/m1/s1. The van der Waals surface area contributed by atoms with Crippen LogP contribution in [0, 0.1) is 5.92 Å². The summed E-state index contributed by atoms with van der Waals surface area (Å²) in [4.78, 5) is 46.9. The smallest absolute Gasteiger partial charge is 0.336 e. The van der Waals surface area contributed by atoms with Gasteiger partial charge in [0.1, 0.15) is 5.76 Å². The number of aromatic carboxylic acids is 1. The number of hydroxylamine groups is 2. The first-order valence-corrected chi connectivity index (χ1v) is 10.8. The maximum absolute atomic E-state index is 12.5. The second kappa shape index (κ2) is 13.0. The number of hydrogen-bond donors (Lipinski definition) is 4. The first-order valence-electron chi connectivity index (χ1n) is 10.8. The van der Waals surface area contributed by atoms with E-state index in [1.807, 2.05) is 0 Å².